The Hall–Kier alpha value is -2.19. The van der Waals surface area contributed by atoms with Gasteiger partial charge in [0.2, 0.25) is 6.08 Å². The van der Waals surface area contributed by atoms with Crippen LogP contribution in [0.2, 0.25) is 0 Å². The molecule has 0 aliphatic heterocycles. The molecule has 0 radical (unpaired) electrons. The molecule has 0 saturated heterocycles. The summed E-state index contributed by atoms with van der Waals surface area (Å²) in [4.78, 5) is 13.6. The Bertz CT molecular complexity index is 539. The summed E-state index contributed by atoms with van der Waals surface area (Å²) in [7, 11) is 0. The van der Waals surface area contributed by atoms with Crippen molar-refractivity contribution in [2.45, 2.75) is 13.5 Å². The molecule has 1 aromatic carbocycles. The summed E-state index contributed by atoms with van der Waals surface area (Å²) in [5, 5.41) is 4.22. The molecule has 0 atom stereocenters. The molecular weight excluding hydrogens is 202 g/mol. The van der Waals surface area contributed by atoms with Gasteiger partial charge in [-0.3, -0.25) is 0 Å². The third-order valence-corrected chi connectivity index (χ3v) is 2.21. The zero-order valence-electron chi connectivity index (χ0n) is 8.92. The van der Waals surface area contributed by atoms with E-state index in [0.717, 1.165) is 16.8 Å². The molecule has 4 nitrogen and oxygen atoms in total. The lowest BCUT2D eigenvalue weighted by atomic mass is 10.2. The molecule has 0 aliphatic carbocycles. The number of nitrogens with zero attached hydrogens (tertiary/aromatic N) is 3. The van der Waals surface area contributed by atoms with Crippen LogP contribution in [0.4, 0.5) is 0 Å². The molecule has 0 amide bonds. The number of carbonyl (C=O) groups excluding carboxylic acids is 1. The van der Waals surface area contributed by atoms with Crippen LogP contribution in [0.5, 0.6) is 0 Å². The van der Waals surface area contributed by atoms with E-state index in [-0.39, 0.29) is 0 Å². The molecule has 0 spiro atoms. The van der Waals surface area contributed by atoms with E-state index < -0.39 is 0 Å². The summed E-state index contributed by atoms with van der Waals surface area (Å²) in [6, 6.07) is 7.75. The van der Waals surface area contributed by atoms with Crippen LogP contribution in [0.15, 0.2) is 41.7 Å². The monoisotopic (exact) mass is 213 g/mol. The van der Waals surface area contributed by atoms with Crippen LogP contribution in [-0.4, -0.2) is 15.9 Å². The Balaban J connectivity index is 2.31. The van der Waals surface area contributed by atoms with Crippen molar-refractivity contribution < 1.29 is 4.79 Å². The zero-order valence-corrected chi connectivity index (χ0v) is 8.92. The van der Waals surface area contributed by atoms with Gasteiger partial charge >= 0.3 is 0 Å². The fraction of sp³-hybridized carbons (Fsp3) is 0.167. The van der Waals surface area contributed by atoms with Crippen LogP contribution in [0.3, 0.4) is 0 Å². The van der Waals surface area contributed by atoms with Gasteiger partial charge in [0.1, 0.15) is 0 Å². The minimum absolute atomic E-state index is 0.359. The summed E-state index contributed by atoms with van der Waals surface area (Å²) in [5.74, 6) is 0. The van der Waals surface area contributed by atoms with Crippen LogP contribution in [0.25, 0.3) is 5.69 Å². The minimum Gasteiger partial charge on any atom is -0.241 e. The summed E-state index contributed by atoms with van der Waals surface area (Å²) in [5.41, 5.74) is 3.04. The fourth-order valence-electron chi connectivity index (χ4n) is 1.47. The molecule has 80 valence electrons. The van der Waals surface area contributed by atoms with E-state index >= 15 is 0 Å². The van der Waals surface area contributed by atoms with Crippen molar-refractivity contribution in [1.82, 2.24) is 9.78 Å². The molecule has 2 aromatic rings. The average Bonchev–Trinajstić information content (AvgIpc) is 2.74. The van der Waals surface area contributed by atoms with Gasteiger partial charge in [0.15, 0.2) is 0 Å². The van der Waals surface area contributed by atoms with Gasteiger partial charge in [0, 0.05) is 6.20 Å². The van der Waals surface area contributed by atoms with Gasteiger partial charge in [-0.2, -0.15) is 5.10 Å². The molecule has 0 aliphatic rings. The molecule has 0 bridgehead atoms. The maximum absolute atomic E-state index is 10.0. The number of isocyanates is 1. The van der Waals surface area contributed by atoms with Gasteiger partial charge in [0.05, 0.1) is 18.4 Å². The highest BCUT2D eigenvalue weighted by Gasteiger charge is 1.99. The fourth-order valence-corrected chi connectivity index (χ4v) is 1.47. The Morgan fingerprint density at radius 1 is 1.50 bits per heavy atom. The normalized spacial score (nSPS) is 9.81. The minimum atomic E-state index is 0.359. The summed E-state index contributed by atoms with van der Waals surface area (Å²) >= 11 is 0. The van der Waals surface area contributed by atoms with Gasteiger partial charge in [-0.25, -0.2) is 14.5 Å². The van der Waals surface area contributed by atoms with Crippen molar-refractivity contribution in [3.8, 4) is 5.69 Å². The van der Waals surface area contributed by atoms with Crippen molar-refractivity contribution in [3.63, 3.8) is 0 Å². The number of hydrogen-bond acceptors (Lipinski definition) is 3. The number of aryl methyl sites for hydroxylation is 1. The second-order valence-corrected chi connectivity index (χ2v) is 3.54. The highest BCUT2D eigenvalue weighted by molar-refractivity contribution is 5.37. The first-order chi connectivity index (χ1) is 7.79. The molecule has 0 N–H and O–H groups in total. The van der Waals surface area contributed by atoms with E-state index in [0.29, 0.717) is 6.54 Å². The molecule has 2 rings (SSSR count). The molecule has 1 heterocycles. The Kier molecular flexibility index (Phi) is 2.94. The second-order valence-electron chi connectivity index (χ2n) is 3.54. The lowest BCUT2D eigenvalue weighted by molar-refractivity contribution is 0.563. The number of hydrogen-bond donors (Lipinski definition) is 0. The molecule has 0 fully saturated rings. The standard InChI is InChI=1S/C12H11N3O/c1-10-6-14-15(8-10)12-4-2-3-11(5-12)7-13-9-16/h2-6,8H,7H2,1H3. The lowest BCUT2D eigenvalue weighted by Gasteiger charge is -2.02. The number of benzene rings is 1. The summed E-state index contributed by atoms with van der Waals surface area (Å²) in [6.45, 7) is 2.35. The van der Waals surface area contributed by atoms with Gasteiger partial charge in [0.25, 0.3) is 0 Å². The quantitative estimate of drug-likeness (QED) is 0.578. The smallest absolute Gasteiger partial charge is 0.235 e. The van der Waals surface area contributed by atoms with E-state index in [1.807, 2.05) is 37.4 Å². The third kappa shape index (κ3) is 2.24. The van der Waals surface area contributed by atoms with Crippen molar-refractivity contribution in [1.29, 1.82) is 0 Å². The van der Waals surface area contributed by atoms with Crippen LogP contribution >= 0.6 is 0 Å². The maximum Gasteiger partial charge on any atom is 0.235 e. The lowest BCUT2D eigenvalue weighted by Crippen LogP contribution is -1.95. The Morgan fingerprint density at radius 2 is 2.38 bits per heavy atom. The zero-order chi connectivity index (χ0) is 11.4. The van der Waals surface area contributed by atoms with Gasteiger partial charge in [-0.1, -0.05) is 12.1 Å². The summed E-state index contributed by atoms with van der Waals surface area (Å²) < 4.78 is 1.80. The second kappa shape index (κ2) is 4.55. The molecule has 1 aromatic heterocycles. The first-order valence-electron chi connectivity index (χ1n) is 4.94. The van der Waals surface area contributed by atoms with Gasteiger partial charge in [-0.05, 0) is 30.2 Å². The molecular formula is C12H11N3O. The molecule has 4 heteroatoms. The first kappa shape index (κ1) is 10.3. The Morgan fingerprint density at radius 3 is 3.06 bits per heavy atom. The highest BCUT2D eigenvalue weighted by atomic mass is 16.1. The largest absolute Gasteiger partial charge is 0.241 e. The van der Waals surface area contributed by atoms with E-state index in [9.17, 15) is 4.79 Å². The highest BCUT2D eigenvalue weighted by Crippen LogP contribution is 2.11. The average molecular weight is 213 g/mol. The van der Waals surface area contributed by atoms with Crippen LogP contribution in [-0.2, 0) is 11.3 Å². The topological polar surface area (TPSA) is 47.2 Å². The van der Waals surface area contributed by atoms with Crippen molar-refractivity contribution in [2.24, 2.45) is 4.99 Å². The van der Waals surface area contributed by atoms with Crippen LogP contribution < -0.4 is 0 Å². The van der Waals surface area contributed by atoms with E-state index in [1.54, 1.807) is 10.9 Å². The maximum atomic E-state index is 10.0. The van der Waals surface area contributed by atoms with Crippen LogP contribution in [0, 0.1) is 6.92 Å². The van der Waals surface area contributed by atoms with Crippen LogP contribution in [0.1, 0.15) is 11.1 Å². The third-order valence-electron chi connectivity index (χ3n) is 2.21. The number of rotatable bonds is 3. The van der Waals surface area contributed by atoms with E-state index in [4.69, 9.17) is 0 Å². The number of aliphatic imine (C=N–C) groups is 1. The molecule has 0 saturated carbocycles. The van der Waals surface area contributed by atoms with Crippen molar-refractivity contribution >= 4 is 6.08 Å². The van der Waals surface area contributed by atoms with E-state index in [2.05, 4.69) is 10.1 Å². The predicted molar refractivity (Wildman–Crippen MR) is 60.1 cm³/mol. The van der Waals surface area contributed by atoms with E-state index in [1.165, 1.54) is 6.08 Å². The summed E-state index contributed by atoms with van der Waals surface area (Å²) in [6.07, 6.45) is 5.28. The van der Waals surface area contributed by atoms with Crippen molar-refractivity contribution in [3.05, 3.63) is 47.8 Å². The number of aromatic nitrogens is 2. The first-order valence-corrected chi connectivity index (χ1v) is 4.94. The van der Waals surface area contributed by atoms with Gasteiger partial charge < -0.3 is 0 Å². The molecule has 0 unspecified atom stereocenters. The van der Waals surface area contributed by atoms with Gasteiger partial charge in [-0.15, -0.1) is 0 Å². The predicted octanol–water partition coefficient (Wildman–Crippen LogP) is 2.02. The SMILES string of the molecule is Cc1cnn(-c2cccc(CN=C=O)c2)c1. The molecule has 16 heavy (non-hydrogen) atoms. The Labute approximate surface area is 93.2 Å². The van der Waals surface area contributed by atoms with Crippen molar-refractivity contribution in [2.75, 3.05) is 0 Å².